The van der Waals surface area contributed by atoms with E-state index in [1.165, 1.54) is 17.0 Å². The van der Waals surface area contributed by atoms with Gasteiger partial charge in [-0.25, -0.2) is 9.69 Å². The zero-order valence-corrected chi connectivity index (χ0v) is 22.3. The minimum atomic E-state index is -1.15. The van der Waals surface area contributed by atoms with Crippen LogP contribution < -0.4 is 4.90 Å². The highest BCUT2D eigenvalue weighted by atomic mass is 79.9. The fraction of sp³-hybridized carbons (Fsp3) is 0.185. The number of carbonyl (C=O) groups excluding carboxylic acids is 3. The summed E-state index contributed by atoms with van der Waals surface area (Å²) < 4.78 is 10.8. The van der Waals surface area contributed by atoms with Gasteiger partial charge in [0.25, 0.3) is 0 Å². The lowest BCUT2D eigenvalue weighted by Gasteiger charge is -2.24. The first kappa shape index (κ1) is 27.9. The molecule has 10 heteroatoms. The van der Waals surface area contributed by atoms with E-state index < -0.39 is 31.2 Å². The number of nitrogens with zero attached hydrogens (tertiary/aromatic N) is 1. The predicted molar refractivity (Wildman–Crippen MR) is 141 cm³/mol. The van der Waals surface area contributed by atoms with Crippen molar-refractivity contribution in [2.45, 2.75) is 26.7 Å². The van der Waals surface area contributed by atoms with Crippen LogP contribution in [0.5, 0.6) is 0 Å². The first-order valence-electron chi connectivity index (χ1n) is 11.1. The van der Waals surface area contributed by atoms with Crippen LogP contribution >= 0.6 is 27.5 Å². The van der Waals surface area contributed by atoms with Crippen LogP contribution in [0.4, 0.5) is 16.2 Å². The first-order chi connectivity index (χ1) is 17.6. The molecule has 1 amide bonds. The topological polar surface area (TPSA) is 110 Å². The molecule has 0 aliphatic rings. The molecule has 0 heterocycles. The molecule has 3 rings (SSSR count). The highest BCUT2D eigenvalue weighted by molar-refractivity contribution is 9.10. The number of aryl methyl sites for hydroxylation is 2. The van der Waals surface area contributed by atoms with Crippen molar-refractivity contribution in [3.05, 3.63) is 92.4 Å². The van der Waals surface area contributed by atoms with E-state index in [9.17, 15) is 19.2 Å². The summed E-state index contributed by atoms with van der Waals surface area (Å²) in [7, 11) is 0. The van der Waals surface area contributed by atoms with E-state index in [1.807, 2.05) is 19.1 Å². The molecule has 0 atom stereocenters. The molecular weight excluding hydrogens is 566 g/mol. The molecule has 0 bridgehead atoms. The van der Waals surface area contributed by atoms with Gasteiger partial charge in [0.2, 0.25) is 6.79 Å². The van der Waals surface area contributed by atoms with E-state index in [2.05, 4.69) is 15.9 Å². The van der Waals surface area contributed by atoms with Gasteiger partial charge in [-0.15, -0.1) is 0 Å². The summed E-state index contributed by atoms with van der Waals surface area (Å²) in [5, 5.41) is 8.80. The Kier molecular flexibility index (Phi) is 9.43. The zero-order valence-electron chi connectivity index (χ0n) is 20.0. The van der Waals surface area contributed by atoms with Crippen LogP contribution in [0.25, 0.3) is 0 Å². The molecule has 3 aromatic carbocycles. The van der Waals surface area contributed by atoms with Gasteiger partial charge in [0.15, 0.2) is 5.78 Å². The molecule has 0 aliphatic carbocycles. The smallest absolute Gasteiger partial charge is 0.421 e. The minimum absolute atomic E-state index is 0.137. The van der Waals surface area contributed by atoms with Crippen LogP contribution in [-0.4, -0.2) is 35.7 Å². The number of benzene rings is 3. The van der Waals surface area contributed by atoms with Gasteiger partial charge in [-0.1, -0.05) is 51.8 Å². The van der Waals surface area contributed by atoms with Crippen molar-refractivity contribution in [3.8, 4) is 0 Å². The Labute approximate surface area is 226 Å². The number of anilines is 2. The third-order valence-electron chi connectivity index (χ3n) is 5.37. The fourth-order valence-corrected chi connectivity index (χ4v) is 4.24. The Morgan fingerprint density at radius 3 is 2.27 bits per heavy atom. The van der Waals surface area contributed by atoms with Crippen LogP contribution in [0.2, 0.25) is 5.02 Å². The number of ketones is 1. The van der Waals surface area contributed by atoms with Crippen molar-refractivity contribution in [1.29, 1.82) is 0 Å². The van der Waals surface area contributed by atoms with Gasteiger partial charge in [-0.3, -0.25) is 14.4 Å². The van der Waals surface area contributed by atoms with Crippen molar-refractivity contribution in [3.63, 3.8) is 0 Å². The Balaban J connectivity index is 1.89. The number of carboxylic acids is 1. The molecular formula is C27H23BrClNO7. The molecule has 0 saturated carbocycles. The highest BCUT2D eigenvalue weighted by Gasteiger charge is 2.24. The average molecular weight is 589 g/mol. The van der Waals surface area contributed by atoms with Crippen LogP contribution in [0, 0.1) is 13.8 Å². The van der Waals surface area contributed by atoms with Crippen LogP contribution in [0.3, 0.4) is 0 Å². The monoisotopic (exact) mass is 587 g/mol. The Bertz CT molecular complexity index is 1360. The Morgan fingerprint density at radius 1 is 0.892 bits per heavy atom. The van der Waals surface area contributed by atoms with E-state index in [-0.39, 0.29) is 22.8 Å². The number of amides is 1. The van der Waals surface area contributed by atoms with E-state index >= 15 is 0 Å². The lowest BCUT2D eigenvalue weighted by molar-refractivity contribution is -0.154. The molecule has 37 heavy (non-hydrogen) atoms. The minimum Gasteiger partial charge on any atom is -0.481 e. The second-order valence-corrected chi connectivity index (χ2v) is 9.34. The molecule has 8 nitrogen and oxygen atoms in total. The predicted octanol–water partition coefficient (Wildman–Crippen LogP) is 6.59. The second-order valence-electron chi connectivity index (χ2n) is 8.01. The van der Waals surface area contributed by atoms with E-state index in [0.717, 1.165) is 15.6 Å². The quantitative estimate of drug-likeness (QED) is 0.171. The summed E-state index contributed by atoms with van der Waals surface area (Å²) >= 11 is 9.90. The van der Waals surface area contributed by atoms with Crippen molar-refractivity contribution < 1.29 is 33.8 Å². The van der Waals surface area contributed by atoms with Crippen LogP contribution in [0.1, 0.15) is 39.9 Å². The maximum Gasteiger partial charge on any atom is 0.421 e. The molecule has 0 unspecified atom stereocenters. The van der Waals surface area contributed by atoms with E-state index in [0.29, 0.717) is 16.9 Å². The molecule has 0 fully saturated rings. The second kappa shape index (κ2) is 12.5. The first-order valence-corrected chi connectivity index (χ1v) is 12.3. The number of aliphatic carboxylic acids is 1. The summed E-state index contributed by atoms with van der Waals surface area (Å²) in [6.45, 7) is 2.92. The number of hydrogen-bond donors (Lipinski definition) is 1. The van der Waals surface area contributed by atoms with Gasteiger partial charge >= 0.3 is 18.0 Å². The van der Waals surface area contributed by atoms with Crippen molar-refractivity contribution in [2.24, 2.45) is 0 Å². The van der Waals surface area contributed by atoms with Crippen LogP contribution in [-0.2, 0) is 19.1 Å². The molecule has 3 aromatic rings. The van der Waals surface area contributed by atoms with E-state index in [1.54, 1.807) is 43.3 Å². The number of ether oxygens (including phenoxy) is 2. The number of carbonyl (C=O) groups is 4. The van der Waals surface area contributed by atoms with Gasteiger partial charge in [-0.2, -0.15) is 0 Å². The normalized spacial score (nSPS) is 10.5. The van der Waals surface area contributed by atoms with Crippen molar-refractivity contribution in [2.75, 3.05) is 11.7 Å². The van der Waals surface area contributed by atoms with Gasteiger partial charge in [0.05, 0.1) is 29.2 Å². The standard InChI is InChI=1S/C27H23BrClNO7/c1-16-5-3-4-6-20(16)26(34)21-9-8-19(14-22(21)29)30(23-10-7-18(28)13-17(23)2)27(35)37-15-36-25(33)12-11-24(31)32/h3-10,13-14H,11-12,15H2,1-2H3,(H,31,32). The van der Waals surface area contributed by atoms with Crippen molar-refractivity contribution in [1.82, 2.24) is 0 Å². The zero-order chi connectivity index (χ0) is 27.1. The summed E-state index contributed by atoms with van der Waals surface area (Å²) in [6.07, 6.45) is -1.62. The van der Waals surface area contributed by atoms with Crippen LogP contribution in [0.15, 0.2) is 65.1 Å². The third kappa shape index (κ3) is 7.18. The lowest BCUT2D eigenvalue weighted by atomic mass is 9.99. The number of rotatable bonds is 9. The number of halogens is 2. The van der Waals surface area contributed by atoms with Gasteiger partial charge in [0, 0.05) is 15.6 Å². The molecule has 0 aliphatic heterocycles. The van der Waals surface area contributed by atoms with Gasteiger partial charge in [-0.05, 0) is 61.4 Å². The Morgan fingerprint density at radius 2 is 1.62 bits per heavy atom. The largest absolute Gasteiger partial charge is 0.481 e. The molecule has 0 saturated heterocycles. The average Bonchev–Trinajstić information content (AvgIpc) is 2.84. The molecule has 0 spiro atoms. The SMILES string of the molecule is Cc1ccccc1C(=O)c1ccc(N(C(=O)OCOC(=O)CCC(=O)O)c2ccc(Br)cc2C)cc1Cl. The van der Waals surface area contributed by atoms with E-state index in [4.69, 9.17) is 26.2 Å². The Hall–Kier alpha value is -3.69. The molecule has 192 valence electrons. The summed E-state index contributed by atoms with van der Waals surface area (Å²) in [5.41, 5.74) is 3.11. The highest BCUT2D eigenvalue weighted by Crippen LogP contribution is 2.34. The maximum absolute atomic E-state index is 13.1. The molecule has 1 N–H and O–H groups in total. The van der Waals surface area contributed by atoms with Gasteiger partial charge < -0.3 is 14.6 Å². The summed E-state index contributed by atoms with van der Waals surface area (Å²) in [6, 6.07) is 17.0. The maximum atomic E-state index is 13.1. The fourth-order valence-electron chi connectivity index (χ4n) is 3.50. The van der Waals surface area contributed by atoms with Gasteiger partial charge in [0.1, 0.15) is 0 Å². The number of hydrogen-bond acceptors (Lipinski definition) is 6. The lowest BCUT2D eigenvalue weighted by Crippen LogP contribution is -2.29. The number of esters is 1. The summed E-state index contributed by atoms with van der Waals surface area (Å²) in [5.74, 6) is -2.22. The third-order valence-corrected chi connectivity index (χ3v) is 6.18. The molecule has 0 radical (unpaired) electrons. The number of carboxylic acid groups (broad SMARTS) is 1. The van der Waals surface area contributed by atoms with Crippen molar-refractivity contribution >= 4 is 62.7 Å². The summed E-state index contributed by atoms with van der Waals surface area (Å²) in [4.78, 5) is 49.7. The molecule has 0 aromatic heterocycles.